The molecule has 0 aliphatic carbocycles. The molecule has 3 heterocycles. The van der Waals surface area contributed by atoms with Gasteiger partial charge in [-0.2, -0.15) is 5.10 Å². The summed E-state index contributed by atoms with van der Waals surface area (Å²) in [6.07, 6.45) is 7.14. The number of guanidine groups is 1. The van der Waals surface area contributed by atoms with Crippen molar-refractivity contribution in [2.75, 3.05) is 19.6 Å². The third-order valence-corrected chi connectivity index (χ3v) is 4.47. The van der Waals surface area contributed by atoms with Crippen LogP contribution in [0.3, 0.4) is 0 Å². The molecule has 0 aromatic carbocycles. The molecule has 3 aromatic rings. The van der Waals surface area contributed by atoms with Crippen molar-refractivity contribution < 1.29 is 5.11 Å². The van der Waals surface area contributed by atoms with Crippen molar-refractivity contribution in [1.82, 2.24) is 35.0 Å². The third-order valence-electron chi connectivity index (χ3n) is 4.47. The normalized spacial score (nSPS) is 14.2. The Morgan fingerprint density at radius 1 is 1.29 bits per heavy atom. The highest BCUT2D eigenvalue weighted by atomic mass is 16.3. The Kier molecular flexibility index (Phi) is 6.25. The van der Waals surface area contributed by atoms with E-state index in [1.165, 1.54) is 0 Å². The van der Waals surface area contributed by atoms with Crippen LogP contribution in [0, 0.1) is 0 Å². The number of pyridine rings is 1. The van der Waals surface area contributed by atoms with Crippen LogP contribution < -0.4 is 10.6 Å². The van der Waals surface area contributed by atoms with Gasteiger partial charge in [0.25, 0.3) is 0 Å². The highest BCUT2D eigenvalue weighted by Gasteiger charge is 2.24. The van der Waals surface area contributed by atoms with Crippen LogP contribution in [0.25, 0.3) is 5.65 Å². The fourth-order valence-electron chi connectivity index (χ4n) is 2.88. The number of hydrogen-bond donors (Lipinski definition) is 3. The van der Waals surface area contributed by atoms with Gasteiger partial charge in [0.1, 0.15) is 11.4 Å². The van der Waals surface area contributed by atoms with Crippen molar-refractivity contribution in [3.05, 3.63) is 48.2 Å². The number of nitrogens with zero attached hydrogens (tertiary/aromatic N) is 6. The molecule has 3 N–H and O–H groups in total. The van der Waals surface area contributed by atoms with E-state index < -0.39 is 5.60 Å². The van der Waals surface area contributed by atoms with Gasteiger partial charge in [-0.15, -0.1) is 10.2 Å². The maximum Gasteiger partial charge on any atom is 0.191 e. The van der Waals surface area contributed by atoms with Gasteiger partial charge in [-0.1, -0.05) is 6.07 Å². The summed E-state index contributed by atoms with van der Waals surface area (Å²) >= 11 is 0. The van der Waals surface area contributed by atoms with Crippen molar-refractivity contribution >= 4 is 11.6 Å². The smallest absolute Gasteiger partial charge is 0.191 e. The number of nitrogens with one attached hydrogen (secondary N) is 2. The molecule has 0 bridgehead atoms. The second kappa shape index (κ2) is 8.83. The summed E-state index contributed by atoms with van der Waals surface area (Å²) in [5.41, 5.74) is 0.531. The summed E-state index contributed by atoms with van der Waals surface area (Å²) in [5, 5.41) is 29.7. The molecule has 0 amide bonds. The van der Waals surface area contributed by atoms with Gasteiger partial charge in [0.2, 0.25) is 0 Å². The van der Waals surface area contributed by atoms with Gasteiger partial charge in [0.05, 0.1) is 12.7 Å². The highest BCUT2D eigenvalue weighted by Crippen LogP contribution is 2.19. The zero-order chi connectivity index (χ0) is 20.0. The van der Waals surface area contributed by atoms with Gasteiger partial charge in [-0.25, -0.2) is 4.99 Å². The van der Waals surface area contributed by atoms with E-state index in [1.54, 1.807) is 24.0 Å². The average molecular weight is 384 g/mol. The molecular weight excluding hydrogens is 356 g/mol. The fourth-order valence-corrected chi connectivity index (χ4v) is 2.88. The number of fused-ring (bicyclic) bond motifs is 1. The third kappa shape index (κ3) is 4.86. The molecule has 0 spiro atoms. The number of hydrogen-bond acceptors (Lipinski definition) is 5. The van der Waals surface area contributed by atoms with Crippen molar-refractivity contribution in [2.24, 2.45) is 12.0 Å². The number of rotatable bonds is 8. The molecule has 0 saturated heterocycles. The minimum atomic E-state index is -1.07. The summed E-state index contributed by atoms with van der Waals surface area (Å²) in [6.45, 7) is 5.48. The van der Waals surface area contributed by atoms with E-state index in [0.717, 1.165) is 43.0 Å². The monoisotopic (exact) mass is 384 g/mol. The van der Waals surface area contributed by atoms with E-state index in [9.17, 15) is 5.11 Å². The molecule has 0 aliphatic heterocycles. The zero-order valence-electron chi connectivity index (χ0n) is 16.6. The van der Waals surface area contributed by atoms with E-state index in [-0.39, 0.29) is 6.54 Å². The van der Waals surface area contributed by atoms with Crippen LogP contribution in [-0.4, -0.2) is 55.1 Å². The van der Waals surface area contributed by atoms with E-state index in [2.05, 4.69) is 30.9 Å². The summed E-state index contributed by atoms with van der Waals surface area (Å²) in [5.74, 6) is 1.62. The van der Waals surface area contributed by atoms with Gasteiger partial charge < -0.3 is 15.7 Å². The number of aliphatic hydroxyl groups is 1. The van der Waals surface area contributed by atoms with Crippen LogP contribution in [0.1, 0.15) is 31.7 Å². The molecular formula is C19H28N8O. The van der Waals surface area contributed by atoms with Crippen molar-refractivity contribution in [3.63, 3.8) is 0 Å². The minimum absolute atomic E-state index is 0.239. The van der Waals surface area contributed by atoms with Crippen LogP contribution in [-0.2, 0) is 19.1 Å². The Balaban J connectivity index is 1.53. The van der Waals surface area contributed by atoms with Crippen LogP contribution in [0.5, 0.6) is 0 Å². The quantitative estimate of drug-likeness (QED) is 0.302. The van der Waals surface area contributed by atoms with Gasteiger partial charge in [0, 0.05) is 44.5 Å². The van der Waals surface area contributed by atoms with E-state index in [1.807, 2.05) is 42.8 Å². The molecule has 9 heteroatoms. The molecule has 0 radical (unpaired) electrons. The van der Waals surface area contributed by atoms with Crippen LogP contribution in [0.4, 0.5) is 0 Å². The van der Waals surface area contributed by atoms with E-state index in [4.69, 9.17) is 0 Å². The van der Waals surface area contributed by atoms with Crippen LogP contribution in [0.15, 0.2) is 41.8 Å². The fraction of sp³-hybridized carbons (Fsp3) is 0.474. The zero-order valence-corrected chi connectivity index (χ0v) is 16.6. The first-order valence-corrected chi connectivity index (χ1v) is 9.52. The predicted octanol–water partition coefficient (Wildman–Crippen LogP) is 0.858. The summed E-state index contributed by atoms with van der Waals surface area (Å²) in [7, 11) is 1.83. The lowest BCUT2D eigenvalue weighted by Crippen LogP contribution is -2.39. The Bertz CT molecular complexity index is 927. The Hall–Kier alpha value is -2.94. The first kappa shape index (κ1) is 19.8. The molecule has 9 nitrogen and oxygen atoms in total. The maximum atomic E-state index is 10.7. The van der Waals surface area contributed by atoms with Crippen LogP contribution in [0.2, 0.25) is 0 Å². The van der Waals surface area contributed by atoms with Crippen molar-refractivity contribution in [1.29, 1.82) is 0 Å². The number of aromatic nitrogens is 5. The number of aliphatic imine (C=N–C) groups is 1. The molecule has 3 aromatic heterocycles. The van der Waals surface area contributed by atoms with Crippen molar-refractivity contribution in [2.45, 2.75) is 32.3 Å². The van der Waals surface area contributed by atoms with Gasteiger partial charge in [-0.3, -0.25) is 9.08 Å². The number of aryl methyl sites for hydroxylation is 2. The summed E-state index contributed by atoms with van der Waals surface area (Å²) < 4.78 is 3.68. The molecule has 28 heavy (non-hydrogen) atoms. The Labute approximate surface area is 164 Å². The second-order valence-electron chi connectivity index (χ2n) is 6.95. The minimum Gasteiger partial charge on any atom is -0.383 e. The summed E-state index contributed by atoms with van der Waals surface area (Å²) in [4.78, 5) is 4.53. The predicted molar refractivity (Wildman–Crippen MR) is 108 cm³/mol. The SMILES string of the molecule is CCNC(=NCC(C)(O)c1cnn(C)c1)NCCCc1nnc2ccccn12. The molecule has 1 atom stereocenters. The summed E-state index contributed by atoms with van der Waals surface area (Å²) in [6, 6.07) is 5.87. The standard InChI is InChI=1S/C19H28N8O/c1-4-20-18(22-14-19(2,28)15-12-23-26(3)13-15)21-10-7-9-17-25-24-16-8-5-6-11-27(16)17/h5-6,8,11-13,28H,4,7,9-10,14H2,1-3H3,(H2,20,21,22). The average Bonchev–Trinajstić information content (AvgIpc) is 3.30. The van der Waals surface area contributed by atoms with Gasteiger partial charge >= 0.3 is 0 Å². The second-order valence-corrected chi connectivity index (χ2v) is 6.95. The Morgan fingerprint density at radius 3 is 2.89 bits per heavy atom. The lowest BCUT2D eigenvalue weighted by atomic mass is 10.0. The first-order valence-electron chi connectivity index (χ1n) is 9.52. The largest absolute Gasteiger partial charge is 0.383 e. The molecule has 3 rings (SSSR count). The maximum absolute atomic E-state index is 10.7. The van der Waals surface area contributed by atoms with Crippen LogP contribution >= 0.6 is 0 Å². The lowest BCUT2D eigenvalue weighted by molar-refractivity contribution is 0.0672. The lowest BCUT2D eigenvalue weighted by Gasteiger charge is -2.20. The van der Waals surface area contributed by atoms with Gasteiger partial charge in [0.15, 0.2) is 11.6 Å². The molecule has 0 fully saturated rings. The Morgan fingerprint density at radius 2 is 2.14 bits per heavy atom. The van der Waals surface area contributed by atoms with E-state index >= 15 is 0 Å². The molecule has 0 saturated carbocycles. The highest BCUT2D eigenvalue weighted by molar-refractivity contribution is 5.79. The van der Waals surface area contributed by atoms with E-state index in [0.29, 0.717) is 5.96 Å². The first-order chi connectivity index (χ1) is 13.5. The molecule has 150 valence electrons. The molecule has 0 aliphatic rings. The van der Waals surface area contributed by atoms with Gasteiger partial charge in [-0.05, 0) is 32.4 Å². The topological polar surface area (TPSA) is 105 Å². The molecule has 1 unspecified atom stereocenters. The van der Waals surface area contributed by atoms with Crippen molar-refractivity contribution in [3.8, 4) is 0 Å².